The maximum Gasteiger partial charge on any atom is 0.408 e. The summed E-state index contributed by atoms with van der Waals surface area (Å²) in [7, 11) is 0. The maximum absolute atomic E-state index is 11.6. The minimum absolute atomic E-state index is 0.343. The lowest BCUT2D eigenvalue weighted by Gasteiger charge is -2.45. The summed E-state index contributed by atoms with van der Waals surface area (Å²) in [6, 6.07) is 9.78. The van der Waals surface area contributed by atoms with Crippen molar-refractivity contribution >= 4 is 6.09 Å². The monoisotopic (exact) mass is 306 g/mol. The predicted molar refractivity (Wildman–Crippen MR) is 85.7 cm³/mol. The molecule has 2 atom stereocenters. The number of carbonyl (C=O) groups is 1. The first kappa shape index (κ1) is 16.8. The van der Waals surface area contributed by atoms with Crippen molar-refractivity contribution in [2.45, 2.75) is 51.4 Å². The molecule has 2 rings (SSSR count). The Morgan fingerprint density at radius 1 is 1.32 bits per heavy atom. The number of hydrogen-bond donors (Lipinski definition) is 2. The van der Waals surface area contributed by atoms with Gasteiger partial charge in [0, 0.05) is 25.2 Å². The molecule has 0 radical (unpaired) electrons. The molecule has 0 aliphatic carbocycles. The van der Waals surface area contributed by atoms with Crippen LogP contribution in [0.5, 0.6) is 0 Å². The standard InChI is InChI=1S/C17H26N2O3/c1-17(2,3)19(16(21)22)14-9-10-18(12-15(14)20)11-13-7-5-4-6-8-13/h4-8,14-15,20H,9-12H2,1-3H3,(H,21,22)/t14-,15-/m0/s1. The smallest absolute Gasteiger partial charge is 0.408 e. The Bertz CT molecular complexity index is 498. The largest absolute Gasteiger partial charge is 0.465 e. The van der Waals surface area contributed by atoms with Crippen LogP contribution in [0.1, 0.15) is 32.8 Å². The summed E-state index contributed by atoms with van der Waals surface area (Å²) in [5, 5.41) is 19.9. The van der Waals surface area contributed by atoms with Crippen LogP contribution in [0.4, 0.5) is 4.79 Å². The third kappa shape index (κ3) is 3.99. The molecular formula is C17H26N2O3. The van der Waals surface area contributed by atoms with E-state index in [4.69, 9.17) is 0 Å². The number of piperidine rings is 1. The molecule has 1 aliphatic heterocycles. The highest BCUT2D eigenvalue weighted by atomic mass is 16.4. The molecule has 1 amide bonds. The number of aliphatic hydroxyl groups is 1. The Morgan fingerprint density at radius 3 is 2.45 bits per heavy atom. The minimum Gasteiger partial charge on any atom is -0.465 e. The molecule has 0 bridgehead atoms. The average molecular weight is 306 g/mol. The lowest BCUT2D eigenvalue weighted by Crippen LogP contribution is -2.60. The van der Waals surface area contributed by atoms with Crippen LogP contribution in [0.3, 0.4) is 0 Å². The molecular weight excluding hydrogens is 280 g/mol. The first-order chi connectivity index (χ1) is 10.3. The number of carboxylic acid groups (broad SMARTS) is 1. The quantitative estimate of drug-likeness (QED) is 0.900. The molecule has 0 aromatic heterocycles. The molecule has 122 valence electrons. The van der Waals surface area contributed by atoms with Gasteiger partial charge in [-0.05, 0) is 32.8 Å². The number of aliphatic hydroxyl groups excluding tert-OH is 1. The van der Waals surface area contributed by atoms with Crippen LogP contribution in [0.2, 0.25) is 0 Å². The van der Waals surface area contributed by atoms with Crippen LogP contribution in [0, 0.1) is 0 Å². The molecule has 1 heterocycles. The zero-order valence-corrected chi connectivity index (χ0v) is 13.6. The topological polar surface area (TPSA) is 64.0 Å². The van der Waals surface area contributed by atoms with E-state index in [2.05, 4.69) is 17.0 Å². The number of hydrogen-bond acceptors (Lipinski definition) is 3. The predicted octanol–water partition coefficient (Wildman–Crippen LogP) is 2.40. The highest BCUT2D eigenvalue weighted by molar-refractivity contribution is 5.66. The SMILES string of the molecule is CC(C)(C)N(C(=O)O)[C@H]1CCN(Cc2ccccc2)C[C@@H]1O. The fraction of sp³-hybridized carbons (Fsp3) is 0.588. The Kier molecular flexibility index (Phi) is 5.08. The van der Waals surface area contributed by atoms with E-state index in [1.54, 1.807) is 0 Å². The fourth-order valence-corrected chi connectivity index (χ4v) is 3.20. The molecule has 22 heavy (non-hydrogen) atoms. The first-order valence-electron chi connectivity index (χ1n) is 7.75. The van der Waals surface area contributed by atoms with Crippen molar-refractivity contribution in [2.24, 2.45) is 0 Å². The van der Waals surface area contributed by atoms with Gasteiger partial charge in [-0.25, -0.2) is 4.79 Å². The maximum atomic E-state index is 11.6. The van der Waals surface area contributed by atoms with Gasteiger partial charge in [0.05, 0.1) is 12.1 Å². The van der Waals surface area contributed by atoms with E-state index in [0.29, 0.717) is 13.0 Å². The zero-order valence-electron chi connectivity index (χ0n) is 13.6. The van der Waals surface area contributed by atoms with E-state index in [9.17, 15) is 15.0 Å². The Morgan fingerprint density at radius 2 is 1.95 bits per heavy atom. The molecule has 5 heteroatoms. The number of nitrogens with zero attached hydrogens (tertiary/aromatic N) is 2. The molecule has 1 aromatic rings. The molecule has 5 nitrogen and oxygen atoms in total. The van der Waals surface area contributed by atoms with Gasteiger partial charge >= 0.3 is 6.09 Å². The van der Waals surface area contributed by atoms with Gasteiger partial charge in [-0.3, -0.25) is 9.80 Å². The van der Waals surface area contributed by atoms with E-state index in [0.717, 1.165) is 13.1 Å². The van der Waals surface area contributed by atoms with Crippen molar-refractivity contribution in [2.75, 3.05) is 13.1 Å². The molecule has 2 N–H and O–H groups in total. The van der Waals surface area contributed by atoms with E-state index in [1.165, 1.54) is 10.5 Å². The van der Waals surface area contributed by atoms with Gasteiger partial charge in [0.25, 0.3) is 0 Å². The molecule has 1 fully saturated rings. The van der Waals surface area contributed by atoms with Crippen LogP contribution in [-0.4, -0.2) is 56.9 Å². The van der Waals surface area contributed by atoms with Gasteiger partial charge in [0.15, 0.2) is 0 Å². The molecule has 0 spiro atoms. The molecule has 1 aromatic carbocycles. The third-order valence-electron chi connectivity index (χ3n) is 4.14. The summed E-state index contributed by atoms with van der Waals surface area (Å²) >= 11 is 0. The van der Waals surface area contributed by atoms with Crippen LogP contribution >= 0.6 is 0 Å². The normalized spacial score (nSPS) is 23.3. The minimum atomic E-state index is -0.965. The Hall–Kier alpha value is -1.59. The van der Waals surface area contributed by atoms with Crippen molar-refractivity contribution in [1.29, 1.82) is 0 Å². The van der Waals surface area contributed by atoms with Gasteiger partial charge in [-0.15, -0.1) is 0 Å². The van der Waals surface area contributed by atoms with Crippen molar-refractivity contribution in [3.63, 3.8) is 0 Å². The first-order valence-corrected chi connectivity index (χ1v) is 7.75. The van der Waals surface area contributed by atoms with Gasteiger partial charge in [0.2, 0.25) is 0 Å². The number of β-amino-alcohol motifs (C(OH)–C–C–N with tert-alkyl or cyclic N) is 1. The third-order valence-corrected chi connectivity index (χ3v) is 4.14. The second-order valence-corrected chi connectivity index (χ2v) is 6.97. The fourth-order valence-electron chi connectivity index (χ4n) is 3.20. The van der Waals surface area contributed by atoms with Gasteiger partial charge < -0.3 is 10.2 Å². The van der Waals surface area contributed by atoms with E-state index in [1.807, 2.05) is 39.0 Å². The van der Waals surface area contributed by atoms with Crippen molar-refractivity contribution in [3.8, 4) is 0 Å². The van der Waals surface area contributed by atoms with Gasteiger partial charge in [-0.2, -0.15) is 0 Å². The van der Waals surface area contributed by atoms with E-state index in [-0.39, 0.29) is 6.04 Å². The second-order valence-electron chi connectivity index (χ2n) is 6.97. The highest BCUT2D eigenvalue weighted by Crippen LogP contribution is 2.25. The van der Waals surface area contributed by atoms with Gasteiger partial charge in [0.1, 0.15) is 0 Å². The summed E-state index contributed by atoms with van der Waals surface area (Å²) < 4.78 is 0. The van der Waals surface area contributed by atoms with Gasteiger partial charge in [-0.1, -0.05) is 30.3 Å². The lowest BCUT2D eigenvalue weighted by atomic mass is 9.94. The number of benzene rings is 1. The van der Waals surface area contributed by atoms with Crippen LogP contribution in [0.25, 0.3) is 0 Å². The van der Waals surface area contributed by atoms with Crippen molar-refractivity contribution < 1.29 is 15.0 Å². The van der Waals surface area contributed by atoms with E-state index < -0.39 is 17.7 Å². The number of amides is 1. The summed E-state index contributed by atoms with van der Waals surface area (Å²) in [4.78, 5) is 15.1. The van der Waals surface area contributed by atoms with Crippen LogP contribution in [-0.2, 0) is 6.54 Å². The number of rotatable bonds is 3. The second kappa shape index (κ2) is 6.67. The summed E-state index contributed by atoms with van der Waals surface area (Å²) in [6.45, 7) is 7.67. The Labute approximate surface area is 132 Å². The lowest BCUT2D eigenvalue weighted by molar-refractivity contribution is -0.0367. The highest BCUT2D eigenvalue weighted by Gasteiger charge is 2.39. The van der Waals surface area contributed by atoms with Crippen molar-refractivity contribution in [3.05, 3.63) is 35.9 Å². The molecule has 1 saturated heterocycles. The van der Waals surface area contributed by atoms with Crippen molar-refractivity contribution in [1.82, 2.24) is 9.80 Å². The zero-order chi connectivity index (χ0) is 16.3. The van der Waals surface area contributed by atoms with Crippen LogP contribution < -0.4 is 0 Å². The van der Waals surface area contributed by atoms with Crippen LogP contribution in [0.15, 0.2) is 30.3 Å². The summed E-state index contributed by atoms with van der Waals surface area (Å²) in [6.07, 6.45) is -0.974. The average Bonchev–Trinajstić information content (AvgIpc) is 2.41. The van der Waals surface area contributed by atoms with E-state index >= 15 is 0 Å². The molecule has 1 aliphatic rings. The Balaban J connectivity index is 2.02. The number of likely N-dealkylation sites (tertiary alicyclic amines) is 1. The summed E-state index contributed by atoms with van der Waals surface area (Å²) in [5.41, 5.74) is 0.693. The molecule has 0 unspecified atom stereocenters. The molecule has 0 saturated carbocycles. The summed E-state index contributed by atoms with van der Waals surface area (Å²) in [5.74, 6) is 0.